The first-order valence-electron chi connectivity index (χ1n) is 8.84. The fraction of sp³-hybridized carbons (Fsp3) is 0.474. The van der Waals surface area contributed by atoms with E-state index in [2.05, 4.69) is 21.4 Å². The highest BCUT2D eigenvalue weighted by Crippen LogP contribution is 2.39. The molecular weight excluding hydrogens is 318 g/mol. The predicted octanol–water partition coefficient (Wildman–Crippen LogP) is 2.49. The van der Waals surface area contributed by atoms with Crippen LogP contribution in [0.2, 0.25) is 0 Å². The number of hydrogen-bond acceptors (Lipinski definition) is 6. The van der Waals surface area contributed by atoms with Crippen LogP contribution < -0.4 is 10.1 Å². The molecule has 2 heterocycles. The summed E-state index contributed by atoms with van der Waals surface area (Å²) >= 11 is 0. The molecule has 0 radical (unpaired) electrons. The van der Waals surface area contributed by atoms with Gasteiger partial charge in [0.15, 0.2) is 0 Å². The Morgan fingerprint density at radius 2 is 2.00 bits per heavy atom. The lowest BCUT2D eigenvalue weighted by Gasteiger charge is -2.32. The summed E-state index contributed by atoms with van der Waals surface area (Å²) in [6.45, 7) is 1.29. The molecule has 132 valence electrons. The Kier molecular flexibility index (Phi) is 4.81. The van der Waals surface area contributed by atoms with Crippen LogP contribution in [0.1, 0.15) is 36.4 Å². The summed E-state index contributed by atoms with van der Waals surface area (Å²) in [4.78, 5) is 8.73. The molecule has 6 heteroatoms. The number of hydrogen-bond donors (Lipinski definition) is 2. The molecule has 0 amide bonds. The number of aliphatic hydroxyl groups is 1. The zero-order valence-corrected chi connectivity index (χ0v) is 14.1. The lowest BCUT2D eigenvalue weighted by molar-refractivity contribution is -0.000639. The van der Waals surface area contributed by atoms with E-state index in [1.165, 1.54) is 12.8 Å². The summed E-state index contributed by atoms with van der Waals surface area (Å²) < 4.78 is 11.7. The Balaban J connectivity index is 1.43. The molecule has 6 nitrogen and oxygen atoms in total. The van der Waals surface area contributed by atoms with E-state index in [9.17, 15) is 0 Å². The zero-order chi connectivity index (χ0) is 17.1. The van der Waals surface area contributed by atoms with Gasteiger partial charge in [-0.25, -0.2) is 9.97 Å². The number of aliphatic hydroxyl groups excluding tert-OH is 1. The highest BCUT2D eigenvalue weighted by atomic mass is 16.5. The van der Waals surface area contributed by atoms with Crippen molar-refractivity contribution in [1.29, 1.82) is 0 Å². The van der Waals surface area contributed by atoms with Crippen molar-refractivity contribution in [2.75, 3.05) is 18.5 Å². The highest BCUT2D eigenvalue weighted by molar-refractivity contribution is 5.38. The van der Waals surface area contributed by atoms with Crippen LogP contribution in [0.25, 0.3) is 0 Å². The minimum absolute atomic E-state index is 0.0358. The molecule has 1 aromatic heterocycles. The lowest BCUT2D eigenvalue weighted by atomic mass is 10.1. The molecule has 1 aliphatic heterocycles. The molecule has 2 N–H and O–H groups in total. The first kappa shape index (κ1) is 16.3. The van der Waals surface area contributed by atoms with E-state index in [4.69, 9.17) is 14.6 Å². The van der Waals surface area contributed by atoms with Crippen LogP contribution in [0.4, 0.5) is 5.82 Å². The van der Waals surface area contributed by atoms with Gasteiger partial charge in [-0.3, -0.25) is 0 Å². The van der Waals surface area contributed by atoms with E-state index < -0.39 is 0 Å². The smallest absolute Gasteiger partial charge is 0.142 e. The number of nitrogens with one attached hydrogen (secondary N) is 1. The van der Waals surface area contributed by atoms with Gasteiger partial charge in [0.25, 0.3) is 0 Å². The average molecular weight is 341 g/mol. The molecule has 1 aromatic carbocycles. The summed E-state index contributed by atoms with van der Waals surface area (Å²) in [6, 6.07) is 9.69. The van der Waals surface area contributed by atoms with Gasteiger partial charge in [0.1, 0.15) is 24.0 Å². The Hall–Kier alpha value is -2.18. The van der Waals surface area contributed by atoms with Crippen LogP contribution in [0.3, 0.4) is 0 Å². The van der Waals surface area contributed by atoms with Crippen LogP contribution in [-0.4, -0.2) is 40.4 Å². The van der Waals surface area contributed by atoms with E-state index in [0.29, 0.717) is 19.1 Å². The van der Waals surface area contributed by atoms with Crippen LogP contribution in [0.15, 0.2) is 36.7 Å². The van der Waals surface area contributed by atoms with Gasteiger partial charge in [-0.05, 0) is 37.0 Å². The molecule has 2 fully saturated rings. The number of benzene rings is 1. The maximum absolute atomic E-state index is 9.14. The van der Waals surface area contributed by atoms with Gasteiger partial charge >= 0.3 is 0 Å². The summed E-state index contributed by atoms with van der Waals surface area (Å²) in [6.07, 6.45) is 4.86. The quantitative estimate of drug-likeness (QED) is 0.841. The van der Waals surface area contributed by atoms with Crippen molar-refractivity contribution in [2.45, 2.75) is 43.9 Å². The number of ether oxygens (including phenoxy) is 2. The Bertz CT molecular complexity index is 703. The van der Waals surface area contributed by atoms with Gasteiger partial charge in [0.2, 0.25) is 0 Å². The van der Waals surface area contributed by atoms with Crippen molar-refractivity contribution in [2.24, 2.45) is 0 Å². The summed E-state index contributed by atoms with van der Waals surface area (Å²) in [7, 11) is 0. The van der Waals surface area contributed by atoms with Crippen molar-refractivity contribution in [3.63, 3.8) is 0 Å². The molecule has 4 rings (SSSR count). The van der Waals surface area contributed by atoms with E-state index in [1.807, 2.05) is 24.3 Å². The molecule has 0 spiro atoms. The SMILES string of the molecule is OCc1ccc(O[C@@H]2COCC[C@H]2Nc2cc(C3CC3)ncn2)cc1. The largest absolute Gasteiger partial charge is 0.486 e. The van der Waals surface area contributed by atoms with Crippen molar-refractivity contribution in [3.8, 4) is 5.75 Å². The third kappa shape index (κ3) is 4.08. The normalized spacial score (nSPS) is 23.2. The third-order valence-electron chi connectivity index (χ3n) is 4.71. The standard InChI is InChI=1S/C19H23N3O3/c23-10-13-1-5-15(6-2-13)25-18-11-24-8-7-16(18)22-19-9-17(14-3-4-14)20-12-21-19/h1-2,5-6,9,12,14,16,18,23H,3-4,7-8,10-11H2,(H,20,21,22)/t16-,18-/m1/s1. The number of anilines is 1. The van der Waals surface area contributed by atoms with E-state index in [0.717, 1.165) is 29.2 Å². The van der Waals surface area contributed by atoms with Crippen LogP contribution >= 0.6 is 0 Å². The van der Waals surface area contributed by atoms with E-state index in [-0.39, 0.29) is 18.8 Å². The van der Waals surface area contributed by atoms with Crippen molar-refractivity contribution >= 4 is 5.82 Å². The average Bonchev–Trinajstić information content (AvgIpc) is 3.50. The van der Waals surface area contributed by atoms with Gasteiger partial charge in [0.05, 0.1) is 19.3 Å². The summed E-state index contributed by atoms with van der Waals surface area (Å²) in [5.41, 5.74) is 2.00. The Labute approximate surface area is 147 Å². The fourth-order valence-electron chi connectivity index (χ4n) is 3.08. The van der Waals surface area contributed by atoms with Crippen LogP contribution in [-0.2, 0) is 11.3 Å². The number of aromatic nitrogens is 2. The summed E-state index contributed by atoms with van der Waals surface area (Å²) in [5.74, 6) is 2.24. The van der Waals surface area contributed by atoms with Gasteiger partial charge in [-0.15, -0.1) is 0 Å². The first-order chi connectivity index (χ1) is 12.3. The molecule has 25 heavy (non-hydrogen) atoms. The predicted molar refractivity (Wildman–Crippen MR) is 93.6 cm³/mol. The van der Waals surface area contributed by atoms with Gasteiger partial charge in [0, 0.05) is 24.3 Å². The Morgan fingerprint density at radius 1 is 1.16 bits per heavy atom. The second-order valence-corrected chi connectivity index (χ2v) is 6.68. The second-order valence-electron chi connectivity index (χ2n) is 6.68. The zero-order valence-electron chi connectivity index (χ0n) is 14.1. The molecule has 2 aromatic rings. The summed E-state index contributed by atoms with van der Waals surface area (Å²) in [5, 5.41) is 12.6. The lowest BCUT2D eigenvalue weighted by Crippen LogP contribution is -2.45. The first-order valence-corrected chi connectivity index (χ1v) is 8.84. The molecule has 1 saturated heterocycles. The van der Waals surface area contributed by atoms with Crippen molar-refractivity contribution in [1.82, 2.24) is 9.97 Å². The molecule has 2 aliphatic rings. The maximum atomic E-state index is 9.14. The minimum atomic E-state index is -0.0898. The topological polar surface area (TPSA) is 76.5 Å². The highest BCUT2D eigenvalue weighted by Gasteiger charge is 2.29. The number of nitrogens with zero attached hydrogens (tertiary/aromatic N) is 2. The molecule has 1 aliphatic carbocycles. The third-order valence-corrected chi connectivity index (χ3v) is 4.71. The van der Waals surface area contributed by atoms with Gasteiger partial charge in [-0.2, -0.15) is 0 Å². The van der Waals surface area contributed by atoms with Crippen LogP contribution in [0.5, 0.6) is 5.75 Å². The Morgan fingerprint density at radius 3 is 2.76 bits per heavy atom. The fourth-order valence-corrected chi connectivity index (χ4v) is 3.08. The van der Waals surface area contributed by atoms with Crippen molar-refractivity contribution < 1.29 is 14.6 Å². The molecule has 0 bridgehead atoms. The van der Waals surface area contributed by atoms with Crippen molar-refractivity contribution in [3.05, 3.63) is 47.9 Å². The van der Waals surface area contributed by atoms with Gasteiger partial charge < -0.3 is 19.9 Å². The monoisotopic (exact) mass is 341 g/mol. The van der Waals surface area contributed by atoms with E-state index in [1.54, 1.807) is 6.33 Å². The number of rotatable bonds is 6. The minimum Gasteiger partial charge on any atom is -0.486 e. The molecular formula is C19H23N3O3. The molecule has 2 atom stereocenters. The second kappa shape index (κ2) is 7.37. The molecule has 0 unspecified atom stereocenters. The van der Waals surface area contributed by atoms with E-state index >= 15 is 0 Å². The van der Waals surface area contributed by atoms with Crippen LogP contribution in [0, 0.1) is 0 Å². The maximum Gasteiger partial charge on any atom is 0.142 e. The van der Waals surface area contributed by atoms with Gasteiger partial charge in [-0.1, -0.05) is 12.1 Å². The molecule has 1 saturated carbocycles.